The fourth-order valence-electron chi connectivity index (χ4n) is 3.16. The van der Waals surface area contributed by atoms with Crippen LogP contribution in [-0.4, -0.2) is 36.0 Å². The predicted octanol–water partition coefficient (Wildman–Crippen LogP) is 2.75. The standard InChI is InChI=1S/C18H19ClN2O4/c1-2-25-18(24)11-3-6-13(7-4-11)20-10-21-16(22)14-8-5-12(19)9-15(14)17(21)23/h3-7,14-15,20H,2,8-10H2,1H3/t14-,15+/m1/s1. The lowest BCUT2D eigenvalue weighted by Gasteiger charge is -2.17. The van der Waals surface area contributed by atoms with E-state index in [1.807, 2.05) is 6.08 Å². The molecule has 0 unspecified atom stereocenters. The summed E-state index contributed by atoms with van der Waals surface area (Å²) in [6.07, 6.45) is 2.76. The van der Waals surface area contributed by atoms with E-state index < -0.39 is 0 Å². The molecule has 2 aliphatic rings. The highest BCUT2D eigenvalue weighted by atomic mass is 35.5. The molecule has 0 spiro atoms. The number of hydrogen-bond donors (Lipinski definition) is 1. The van der Waals surface area contributed by atoms with Crippen molar-refractivity contribution in [3.63, 3.8) is 0 Å². The van der Waals surface area contributed by atoms with Gasteiger partial charge in [0, 0.05) is 10.7 Å². The van der Waals surface area contributed by atoms with E-state index in [9.17, 15) is 14.4 Å². The number of carbonyl (C=O) groups is 3. The maximum Gasteiger partial charge on any atom is 0.338 e. The fraction of sp³-hybridized carbons (Fsp3) is 0.389. The van der Waals surface area contributed by atoms with Gasteiger partial charge in [0.15, 0.2) is 0 Å². The van der Waals surface area contributed by atoms with Gasteiger partial charge in [-0.3, -0.25) is 14.5 Å². The van der Waals surface area contributed by atoms with Gasteiger partial charge in [-0.2, -0.15) is 0 Å². The van der Waals surface area contributed by atoms with Gasteiger partial charge in [-0.1, -0.05) is 17.7 Å². The maximum atomic E-state index is 12.5. The molecule has 2 atom stereocenters. The van der Waals surface area contributed by atoms with Crippen LogP contribution in [0, 0.1) is 11.8 Å². The molecule has 1 aromatic carbocycles. The molecule has 6 nitrogen and oxygen atoms in total. The molecule has 0 radical (unpaired) electrons. The van der Waals surface area contributed by atoms with Crippen molar-refractivity contribution in [1.82, 2.24) is 4.90 Å². The van der Waals surface area contributed by atoms with Crippen molar-refractivity contribution in [3.8, 4) is 0 Å². The molecular weight excluding hydrogens is 344 g/mol. The first-order chi connectivity index (χ1) is 12.0. The first-order valence-electron chi connectivity index (χ1n) is 8.22. The predicted molar refractivity (Wildman–Crippen MR) is 92.9 cm³/mol. The van der Waals surface area contributed by atoms with Crippen LogP contribution in [0.5, 0.6) is 0 Å². The lowest BCUT2D eigenvalue weighted by atomic mass is 9.85. The fourth-order valence-corrected chi connectivity index (χ4v) is 3.42. The summed E-state index contributed by atoms with van der Waals surface area (Å²) in [5.74, 6) is -1.38. The number of nitrogens with one attached hydrogen (secondary N) is 1. The summed E-state index contributed by atoms with van der Waals surface area (Å²) in [5.41, 5.74) is 1.16. The smallest absolute Gasteiger partial charge is 0.338 e. The van der Waals surface area contributed by atoms with E-state index in [0.29, 0.717) is 35.7 Å². The second-order valence-corrected chi connectivity index (χ2v) is 6.53. The van der Waals surface area contributed by atoms with Crippen molar-refractivity contribution in [3.05, 3.63) is 40.9 Å². The van der Waals surface area contributed by atoms with E-state index in [1.54, 1.807) is 31.2 Å². The van der Waals surface area contributed by atoms with Crippen molar-refractivity contribution < 1.29 is 19.1 Å². The molecule has 0 saturated carbocycles. The number of ether oxygens (including phenoxy) is 1. The molecular formula is C18H19ClN2O4. The number of fused-ring (bicyclic) bond motifs is 1. The van der Waals surface area contributed by atoms with Gasteiger partial charge in [0.25, 0.3) is 0 Å². The van der Waals surface area contributed by atoms with Gasteiger partial charge in [0.05, 0.1) is 30.7 Å². The molecule has 3 rings (SSSR count). The average Bonchev–Trinajstić information content (AvgIpc) is 2.84. The number of anilines is 1. The average molecular weight is 363 g/mol. The Bertz CT molecular complexity index is 729. The van der Waals surface area contributed by atoms with E-state index in [1.165, 1.54) is 4.90 Å². The van der Waals surface area contributed by atoms with Gasteiger partial charge < -0.3 is 10.1 Å². The zero-order valence-electron chi connectivity index (χ0n) is 13.8. The Morgan fingerprint density at radius 2 is 1.92 bits per heavy atom. The second kappa shape index (κ2) is 7.27. The third-order valence-electron chi connectivity index (χ3n) is 4.50. The van der Waals surface area contributed by atoms with Crippen LogP contribution >= 0.6 is 11.6 Å². The summed E-state index contributed by atoms with van der Waals surface area (Å²) >= 11 is 6.01. The molecule has 1 N–H and O–H groups in total. The second-order valence-electron chi connectivity index (χ2n) is 6.04. The highest BCUT2D eigenvalue weighted by molar-refractivity contribution is 6.30. The zero-order valence-corrected chi connectivity index (χ0v) is 14.6. The zero-order chi connectivity index (χ0) is 18.0. The Morgan fingerprint density at radius 1 is 1.24 bits per heavy atom. The van der Waals surface area contributed by atoms with Crippen molar-refractivity contribution >= 4 is 35.1 Å². The van der Waals surface area contributed by atoms with Crippen LogP contribution in [0.4, 0.5) is 5.69 Å². The minimum Gasteiger partial charge on any atom is -0.462 e. The molecule has 1 fully saturated rings. The van der Waals surface area contributed by atoms with Gasteiger partial charge in [-0.05, 0) is 44.0 Å². The molecule has 1 saturated heterocycles. The molecule has 0 aromatic heterocycles. The number of amides is 2. The number of esters is 1. The number of likely N-dealkylation sites (tertiary alicyclic amines) is 1. The Hall–Kier alpha value is -2.34. The summed E-state index contributed by atoms with van der Waals surface area (Å²) < 4.78 is 4.93. The van der Waals surface area contributed by atoms with Gasteiger partial charge in [0.2, 0.25) is 11.8 Å². The summed E-state index contributed by atoms with van der Waals surface area (Å²) in [6.45, 7) is 2.17. The number of imide groups is 1. The molecule has 7 heteroatoms. The first-order valence-corrected chi connectivity index (χ1v) is 8.60. The van der Waals surface area contributed by atoms with Crippen LogP contribution in [0.25, 0.3) is 0 Å². The van der Waals surface area contributed by atoms with E-state index >= 15 is 0 Å². The van der Waals surface area contributed by atoms with Crippen LogP contribution in [0.3, 0.4) is 0 Å². The molecule has 1 aromatic rings. The van der Waals surface area contributed by atoms with Gasteiger partial charge in [-0.25, -0.2) is 4.79 Å². The van der Waals surface area contributed by atoms with Crippen molar-refractivity contribution in [2.75, 3.05) is 18.6 Å². The third kappa shape index (κ3) is 3.54. The van der Waals surface area contributed by atoms with Crippen LogP contribution in [-0.2, 0) is 14.3 Å². The van der Waals surface area contributed by atoms with E-state index in [4.69, 9.17) is 16.3 Å². The number of allylic oxidation sites excluding steroid dienone is 2. The monoisotopic (exact) mass is 362 g/mol. The summed E-state index contributed by atoms with van der Waals surface area (Å²) in [5, 5.41) is 3.69. The normalized spacial score (nSPS) is 22.5. The van der Waals surface area contributed by atoms with Crippen LogP contribution in [0.1, 0.15) is 30.1 Å². The van der Waals surface area contributed by atoms with Crippen molar-refractivity contribution in [2.45, 2.75) is 19.8 Å². The largest absolute Gasteiger partial charge is 0.462 e. The van der Waals surface area contributed by atoms with Gasteiger partial charge >= 0.3 is 5.97 Å². The Morgan fingerprint density at radius 3 is 2.60 bits per heavy atom. The molecule has 1 heterocycles. The number of nitrogens with zero attached hydrogens (tertiary/aromatic N) is 1. The Kier molecular flexibility index (Phi) is 5.08. The van der Waals surface area contributed by atoms with E-state index in [2.05, 4.69) is 5.32 Å². The molecule has 25 heavy (non-hydrogen) atoms. The van der Waals surface area contributed by atoms with Crippen LogP contribution in [0.2, 0.25) is 0 Å². The molecule has 1 aliphatic carbocycles. The number of halogens is 1. The Labute approximate surface area is 150 Å². The summed E-state index contributed by atoms with van der Waals surface area (Å²) in [7, 11) is 0. The number of carbonyl (C=O) groups excluding carboxylic acids is 3. The number of hydrogen-bond acceptors (Lipinski definition) is 5. The van der Waals surface area contributed by atoms with Crippen molar-refractivity contribution in [2.24, 2.45) is 11.8 Å². The minimum absolute atomic E-state index is 0.0983. The SMILES string of the molecule is CCOC(=O)c1ccc(NCN2C(=O)[C@H]3CC(Cl)=CC[C@H]3C2=O)cc1. The van der Waals surface area contributed by atoms with Crippen LogP contribution in [0.15, 0.2) is 35.4 Å². The topological polar surface area (TPSA) is 75.7 Å². The molecule has 132 valence electrons. The summed E-state index contributed by atoms with van der Waals surface area (Å²) in [6, 6.07) is 6.69. The number of benzene rings is 1. The lowest BCUT2D eigenvalue weighted by Crippen LogP contribution is -2.35. The highest BCUT2D eigenvalue weighted by Gasteiger charge is 2.48. The third-order valence-corrected chi connectivity index (χ3v) is 4.81. The summed E-state index contributed by atoms with van der Waals surface area (Å²) in [4.78, 5) is 37.7. The Balaban J connectivity index is 1.61. The molecule has 0 bridgehead atoms. The van der Waals surface area contributed by atoms with E-state index in [-0.39, 0.29) is 36.3 Å². The van der Waals surface area contributed by atoms with Gasteiger partial charge in [0.1, 0.15) is 0 Å². The quantitative estimate of drug-likeness (QED) is 0.644. The molecule has 1 aliphatic heterocycles. The molecule has 2 amide bonds. The van der Waals surface area contributed by atoms with Gasteiger partial charge in [-0.15, -0.1) is 0 Å². The van der Waals surface area contributed by atoms with Crippen LogP contribution < -0.4 is 5.32 Å². The minimum atomic E-state index is -0.382. The highest BCUT2D eigenvalue weighted by Crippen LogP contribution is 2.38. The first kappa shape index (κ1) is 17.5. The lowest BCUT2D eigenvalue weighted by molar-refractivity contribution is -0.139. The van der Waals surface area contributed by atoms with Crippen molar-refractivity contribution in [1.29, 1.82) is 0 Å². The van der Waals surface area contributed by atoms with E-state index in [0.717, 1.165) is 0 Å². The maximum absolute atomic E-state index is 12.5. The number of rotatable bonds is 5.